The number of methoxy groups -OCH3 is 1. The monoisotopic (exact) mass is 1150 g/mol. The lowest BCUT2D eigenvalue weighted by Gasteiger charge is -2.49. The predicted molar refractivity (Wildman–Crippen MR) is 318 cm³/mol. The van der Waals surface area contributed by atoms with Crippen LogP contribution in [0.5, 0.6) is 0 Å². The lowest BCUT2D eigenvalue weighted by molar-refractivity contribution is -0.318. The van der Waals surface area contributed by atoms with Gasteiger partial charge in [0.2, 0.25) is 5.91 Å². The molecule has 6 rings (SSSR count). The van der Waals surface area contributed by atoms with Crippen molar-refractivity contribution in [1.82, 2.24) is 9.80 Å². The van der Waals surface area contributed by atoms with Gasteiger partial charge in [-0.15, -0.1) is 0 Å². The molecule has 15 nitrogen and oxygen atoms in total. The van der Waals surface area contributed by atoms with E-state index in [2.05, 4.69) is 0 Å². The Balaban J connectivity index is 1.26. The fraction of sp³-hybridized carbons (Fsp3) is 0.969. The van der Waals surface area contributed by atoms with Gasteiger partial charge in [-0.25, -0.2) is 0 Å². The second-order valence-corrected chi connectivity index (χ2v) is 32.4. The van der Waals surface area contributed by atoms with Gasteiger partial charge >= 0.3 is 5.97 Å². The van der Waals surface area contributed by atoms with Crippen molar-refractivity contribution in [2.45, 2.75) is 331 Å². The molecule has 0 spiro atoms. The zero-order chi connectivity index (χ0) is 58.7. The van der Waals surface area contributed by atoms with Crippen LogP contribution in [0.4, 0.5) is 0 Å². The maximum Gasteiger partial charge on any atom is 0.311 e. The number of ether oxygens (including phenoxy) is 6. The zero-order valence-corrected chi connectivity index (χ0v) is 53.4. The molecule has 1 amide bonds. The van der Waals surface area contributed by atoms with Gasteiger partial charge in [0, 0.05) is 45.7 Å². The summed E-state index contributed by atoms with van der Waals surface area (Å²) in [6.07, 6.45) is 20.0. The molecule has 466 valence electrons. The average Bonchev–Trinajstić information content (AvgIpc) is 3.61. The van der Waals surface area contributed by atoms with Crippen molar-refractivity contribution in [2.24, 2.45) is 23.2 Å². The number of rotatable bonds is 19. The third kappa shape index (κ3) is 16.1. The molecule has 3 aliphatic carbocycles. The van der Waals surface area contributed by atoms with Crippen LogP contribution in [-0.2, 0) is 38.0 Å². The third-order valence-electron chi connectivity index (χ3n) is 21.4. The molecule has 6 fully saturated rings. The Morgan fingerprint density at radius 2 is 1.31 bits per heavy atom. The van der Waals surface area contributed by atoms with Crippen LogP contribution >= 0.6 is 7.26 Å². The fourth-order valence-electron chi connectivity index (χ4n) is 16.6. The van der Waals surface area contributed by atoms with Crippen LogP contribution in [-0.4, -0.2) is 189 Å². The maximum atomic E-state index is 14.9. The van der Waals surface area contributed by atoms with Gasteiger partial charge < -0.3 is 63.8 Å². The highest BCUT2D eigenvalue weighted by Gasteiger charge is 2.57. The summed E-state index contributed by atoms with van der Waals surface area (Å²) < 4.78 is 38.7. The molecule has 0 aromatic carbocycles. The first-order valence-corrected chi connectivity index (χ1v) is 34.6. The lowest BCUT2D eigenvalue weighted by Crippen LogP contribution is -2.60. The van der Waals surface area contributed by atoms with Gasteiger partial charge in [0.1, 0.15) is 18.3 Å². The summed E-state index contributed by atoms with van der Waals surface area (Å²) in [7, 11) is 4.18. The van der Waals surface area contributed by atoms with E-state index in [9.17, 15) is 35.1 Å². The molecule has 0 aromatic heterocycles. The Morgan fingerprint density at radius 1 is 0.762 bits per heavy atom. The molecule has 18 atom stereocenters. The highest BCUT2D eigenvalue weighted by Crippen LogP contribution is 2.77. The van der Waals surface area contributed by atoms with Gasteiger partial charge in [-0.2, -0.15) is 0 Å². The molecule has 5 N–H and O–H groups in total. The number of aliphatic hydroxyl groups is 5. The van der Waals surface area contributed by atoms with E-state index >= 15 is 0 Å². The standard InChI is InChI=1S/C64H118N2O13P/c1-14-52-62(8,41-67)57(70)46(6)66(53(68)35-27-16-15-17-28-36-80(48-29-21-18-22-30-48,49-31-23-19-24-32-49)50-33-25-20-26-34-50)40-42(2)38-63(9,73)59(79-61-55(69)51(65(11)12)37-43(3)75-61)44(4)56(45(5)60(72)77-52)78-54-39-64(10,74-13)58(71)47(7)76-54/h42-52,54-59,61,67,69-71,73H,14-41H2,1-13H3/q+1/t42-,43-,44+,45-,46-,47+,51+,52-,54+,55-,56+,57-,58+,59-,61+,62-,63-,64-/m1/s1. The number of unbranched alkanes of at least 4 members (excludes halogenated alkanes) is 4. The quantitative estimate of drug-likeness (QED) is 0.0465. The van der Waals surface area contributed by atoms with Crippen molar-refractivity contribution in [3.05, 3.63) is 0 Å². The molecule has 0 aromatic rings. The number of carbonyl (C=O) groups excluding carboxylic acids is 2. The molecule has 0 unspecified atom stereocenters. The third-order valence-corrected chi connectivity index (χ3v) is 28.2. The van der Waals surface area contributed by atoms with E-state index in [-0.39, 0.29) is 49.8 Å². The molecular formula is C64H118N2O13P+. The summed E-state index contributed by atoms with van der Waals surface area (Å²) in [6, 6.07) is -1.11. The van der Waals surface area contributed by atoms with Gasteiger partial charge in [-0.05, 0) is 177 Å². The first kappa shape index (κ1) is 68.0. The van der Waals surface area contributed by atoms with Crippen LogP contribution in [0.15, 0.2) is 0 Å². The number of hydrogen-bond acceptors (Lipinski definition) is 14. The second-order valence-electron chi connectivity index (χ2n) is 27.8. The minimum absolute atomic E-state index is 0.102. The Morgan fingerprint density at radius 3 is 1.84 bits per heavy atom. The summed E-state index contributed by atoms with van der Waals surface area (Å²) >= 11 is 0. The molecule has 0 bridgehead atoms. The molecule has 3 aliphatic heterocycles. The van der Waals surface area contributed by atoms with Gasteiger partial charge in [0.25, 0.3) is 0 Å². The van der Waals surface area contributed by atoms with Crippen LogP contribution < -0.4 is 0 Å². The van der Waals surface area contributed by atoms with Crippen molar-refractivity contribution >= 4 is 19.1 Å². The fourth-order valence-corrected chi connectivity index (χ4v) is 24.3. The summed E-state index contributed by atoms with van der Waals surface area (Å²) in [5.74, 6) is -2.98. The topological polar surface area (TPSA) is 197 Å². The van der Waals surface area contributed by atoms with Crippen LogP contribution in [0.25, 0.3) is 0 Å². The smallest absolute Gasteiger partial charge is 0.311 e. The predicted octanol–water partition coefficient (Wildman–Crippen LogP) is 10.4. The van der Waals surface area contributed by atoms with E-state index in [1.807, 2.05) is 53.6 Å². The van der Waals surface area contributed by atoms with Crippen LogP contribution in [0.2, 0.25) is 0 Å². The van der Waals surface area contributed by atoms with Crippen molar-refractivity contribution in [1.29, 1.82) is 0 Å². The van der Waals surface area contributed by atoms with Crippen molar-refractivity contribution < 1.29 is 63.5 Å². The van der Waals surface area contributed by atoms with Crippen molar-refractivity contribution in [2.75, 3.05) is 40.5 Å². The second kappa shape index (κ2) is 30.5. The lowest BCUT2D eigenvalue weighted by atomic mass is 9.75. The van der Waals surface area contributed by atoms with Gasteiger partial charge in [-0.1, -0.05) is 59.8 Å². The minimum atomic E-state index is -1.69. The number of hydrogen-bond donors (Lipinski definition) is 5. The number of cyclic esters (lactones) is 1. The van der Waals surface area contributed by atoms with Gasteiger partial charge in [0.15, 0.2) is 12.6 Å². The van der Waals surface area contributed by atoms with Crippen LogP contribution in [0.3, 0.4) is 0 Å². The molecule has 3 saturated heterocycles. The largest absolute Gasteiger partial charge is 0.461 e. The number of likely N-dealkylation sites (N-methyl/N-ethyl adjacent to an activating group) is 1. The van der Waals surface area contributed by atoms with Crippen LogP contribution in [0.1, 0.15) is 230 Å². The number of nitrogens with zero attached hydrogens (tertiary/aromatic N) is 2. The summed E-state index contributed by atoms with van der Waals surface area (Å²) in [6.45, 7) is 17.7. The summed E-state index contributed by atoms with van der Waals surface area (Å²) in [5.41, 5.74) is -1.17. The summed E-state index contributed by atoms with van der Waals surface area (Å²) in [5, 5.41) is 60.1. The highest BCUT2D eigenvalue weighted by molar-refractivity contribution is 7.77. The highest BCUT2D eigenvalue weighted by atomic mass is 31.2. The van der Waals surface area contributed by atoms with Crippen molar-refractivity contribution in [3.63, 3.8) is 0 Å². The molecule has 0 radical (unpaired) electrons. The van der Waals surface area contributed by atoms with Crippen molar-refractivity contribution in [3.8, 4) is 0 Å². The first-order valence-electron chi connectivity index (χ1n) is 32.5. The van der Waals surface area contributed by atoms with Gasteiger partial charge in [0.05, 0.1) is 88.8 Å². The molecule has 6 aliphatic rings. The van der Waals surface area contributed by atoms with E-state index in [0.29, 0.717) is 12.8 Å². The maximum absolute atomic E-state index is 14.9. The Bertz CT molecular complexity index is 1820. The van der Waals surface area contributed by atoms with E-state index in [4.69, 9.17) is 28.4 Å². The normalized spacial score (nSPS) is 40.6. The SMILES string of the molecule is CC[C@H]1OC(=O)[C@H](C)[C@@H](O[C@H]2C[C@@](C)(OC)[C@@H](O)[C@H](C)O2)[C@H](C)[C@@H](O[C@@H]2O[C@H](C)C[C@H](N(C)C)[C@H]2O)[C@](C)(O)C[C@@H](C)CN(C(=O)CCCCCCC[P+](C2CCCCC2)(C2CCCCC2)C2CCCCC2)[C@H](C)[C@@H](O)[C@]1(C)CO. The molecular weight excluding hydrogens is 1040 g/mol. The molecule has 3 saturated carbocycles. The Hall–Kier alpha value is -1.07. The Labute approximate surface area is 485 Å². The average molecular weight is 1150 g/mol. The number of aliphatic hydroxyl groups excluding tert-OH is 4. The van der Waals surface area contributed by atoms with E-state index in [1.54, 1.807) is 39.5 Å². The van der Waals surface area contributed by atoms with Crippen LogP contribution in [0, 0.1) is 23.2 Å². The number of esters is 1. The first-order chi connectivity index (χ1) is 37.9. The van der Waals surface area contributed by atoms with E-state index in [0.717, 1.165) is 36.2 Å². The molecule has 16 heteroatoms. The summed E-state index contributed by atoms with van der Waals surface area (Å²) in [4.78, 5) is 33.5. The number of carbonyl (C=O) groups is 2. The zero-order valence-electron chi connectivity index (χ0n) is 52.5. The Kier molecular flexibility index (Phi) is 26.0. The van der Waals surface area contributed by atoms with E-state index in [1.165, 1.54) is 122 Å². The molecule has 80 heavy (non-hydrogen) atoms. The van der Waals surface area contributed by atoms with Gasteiger partial charge in [-0.3, -0.25) is 9.59 Å². The van der Waals surface area contributed by atoms with E-state index < -0.39 is 110 Å². The molecule has 3 heterocycles. The number of amides is 1. The minimum Gasteiger partial charge on any atom is -0.461 e.